The van der Waals surface area contributed by atoms with E-state index in [1.165, 1.54) is 231 Å². The fourth-order valence-corrected chi connectivity index (χ4v) is 9.67. The summed E-state index contributed by atoms with van der Waals surface area (Å²) in [5, 5.41) is 23.2. The minimum Gasteiger partial charge on any atom is -0.394 e. The average molecular weight is 1030 g/mol. The first-order chi connectivity index (χ1) is 36.7. The van der Waals surface area contributed by atoms with E-state index in [-0.39, 0.29) is 12.5 Å². The molecular weight excluding hydrogens is 903 g/mol. The van der Waals surface area contributed by atoms with Crippen LogP contribution in [0.4, 0.5) is 0 Å². The number of hydrogen-bond acceptors (Lipinski definition) is 3. The number of amides is 1. The fourth-order valence-electron chi connectivity index (χ4n) is 9.67. The molecule has 0 fully saturated rings. The summed E-state index contributed by atoms with van der Waals surface area (Å²) in [4.78, 5) is 12.5. The number of aliphatic hydroxyl groups is 2. The topological polar surface area (TPSA) is 69.6 Å². The van der Waals surface area contributed by atoms with Crippen molar-refractivity contribution in [1.82, 2.24) is 5.32 Å². The van der Waals surface area contributed by atoms with Crippen LogP contribution in [0.3, 0.4) is 0 Å². The molecule has 428 valence electrons. The second kappa shape index (κ2) is 64.6. The van der Waals surface area contributed by atoms with Gasteiger partial charge in [0.2, 0.25) is 5.91 Å². The van der Waals surface area contributed by atoms with E-state index in [1.807, 2.05) is 6.08 Å². The Morgan fingerprint density at radius 3 is 0.946 bits per heavy atom. The molecular formula is C70H125NO3. The smallest absolute Gasteiger partial charge is 0.220 e. The van der Waals surface area contributed by atoms with E-state index in [1.54, 1.807) is 6.08 Å². The van der Waals surface area contributed by atoms with Gasteiger partial charge in [0.05, 0.1) is 18.8 Å². The van der Waals surface area contributed by atoms with Crippen molar-refractivity contribution in [2.75, 3.05) is 6.61 Å². The minimum atomic E-state index is -0.870. The molecule has 0 aliphatic carbocycles. The number of aliphatic hydroxyl groups excluding tert-OH is 2. The predicted octanol–water partition coefficient (Wildman–Crippen LogP) is 22.0. The Bertz CT molecular complexity index is 1350. The SMILES string of the molecule is CC/C=C\C/C=C\C/C=C\C/C=C\C/C=C\C/C=C\CCCCCCCCCCCCCCC(=O)NC(CO)C(O)/C=C/CC/C=C/CCCCCCCCCCCCCCCCCCCCCCCCCCC. The van der Waals surface area contributed by atoms with Crippen LogP contribution in [0.1, 0.15) is 322 Å². The number of hydrogen-bond donors (Lipinski definition) is 3. The minimum absolute atomic E-state index is 0.0762. The molecule has 4 heteroatoms. The Morgan fingerprint density at radius 2 is 0.608 bits per heavy atom. The molecule has 0 aromatic rings. The van der Waals surface area contributed by atoms with Crippen LogP contribution in [0.25, 0.3) is 0 Å². The zero-order valence-electron chi connectivity index (χ0n) is 49.3. The number of carbonyl (C=O) groups excluding carboxylic acids is 1. The summed E-state index contributed by atoms with van der Waals surface area (Å²) < 4.78 is 0. The molecule has 0 saturated carbocycles. The lowest BCUT2D eigenvalue weighted by Crippen LogP contribution is -2.45. The zero-order valence-corrected chi connectivity index (χ0v) is 49.3. The van der Waals surface area contributed by atoms with Gasteiger partial charge in [-0.3, -0.25) is 4.79 Å². The Labute approximate surface area is 462 Å². The van der Waals surface area contributed by atoms with Crippen molar-refractivity contribution < 1.29 is 15.0 Å². The maximum Gasteiger partial charge on any atom is 0.220 e. The van der Waals surface area contributed by atoms with E-state index >= 15 is 0 Å². The summed E-state index contributed by atoms with van der Waals surface area (Å²) >= 11 is 0. The summed E-state index contributed by atoms with van der Waals surface area (Å²) in [6, 6.07) is -0.648. The molecule has 1 amide bonds. The maximum atomic E-state index is 12.5. The molecule has 0 bridgehead atoms. The first-order valence-electron chi connectivity index (χ1n) is 32.5. The lowest BCUT2D eigenvalue weighted by atomic mass is 10.0. The lowest BCUT2D eigenvalue weighted by Gasteiger charge is -2.19. The first-order valence-corrected chi connectivity index (χ1v) is 32.5. The van der Waals surface area contributed by atoms with Crippen LogP contribution in [0.2, 0.25) is 0 Å². The average Bonchev–Trinajstić information content (AvgIpc) is 3.40. The highest BCUT2D eigenvalue weighted by Crippen LogP contribution is 2.17. The largest absolute Gasteiger partial charge is 0.394 e. The molecule has 2 unspecified atom stereocenters. The molecule has 0 saturated heterocycles. The quantitative estimate of drug-likeness (QED) is 0.0420. The van der Waals surface area contributed by atoms with Gasteiger partial charge in [0.1, 0.15) is 0 Å². The predicted molar refractivity (Wildman–Crippen MR) is 331 cm³/mol. The fraction of sp³-hybridized carbons (Fsp3) is 0.757. The normalized spacial score (nSPS) is 13.4. The number of nitrogens with one attached hydrogen (secondary N) is 1. The molecule has 0 aliphatic heterocycles. The van der Waals surface area contributed by atoms with Gasteiger partial charge < -0.3 is 15.5 Å². The molecule has 0 heterocycles. The summed E-state index contributed by atoms with van der Waals surface area (Å²) in [5.41, 5.74) is 0. The van der Waals surface area contributed by atoms with Gasteiger partial charge in [-0.05, 0) is 83.5 Å². The monoisotopic (exact) mass is 1030 g/mol. The van der Waals surface area contributed by atoms with Crippen molar-refractivity contribution in [3.63, 3.8) is 0 Å². The molecule has 4 nitrogen and oxygen atoms in total. The number of carbonyl (C=O) groups is 1. The number of allylic oxidation sites excluding steroid dienone is 15. The summed E-state index contributed by atoms with van der Waals surface area (Å²) in [6.07, 6.45) is 96.1. The van der Waals surface area contributed by atoms with Crippen molar-refractivity contribution in [1.29, 1.82) is 0 Å². The van der Waals surface area contributed by atoms with E-state index in [0.717, 1.165) is 70.6 Å². The van der Waals surface area contributed by atoms with Crippen molar-refractivity contribution in [3.05, 3.63) is 97.2 Å². The highest BCUT2D eigenvalue weighted by molar-refractivity contribution is 5.76. The molecule has 0 radical (unpaired) electrons. The van der Waals surface area contributed by atoms with Crippen LogP contribution in [-0.2, 0) is 4.79 Å². The Balaban J connectivity index is 3.53. The number of unbranched alkanes of at least 4 members (excludes halogenated alkanes) is 38. The number of rotatable bonds is 59. The standard InChI is InChI=1S/C70H125NO3/c1-3-5-7-9-11-13-15-17-19-21-23-25-27-29-31-33-35-37-39-41-43-45-47-49-51-53-55-57-59-61-63-65-69(73)68(67-72)71-70(74)66-64-62-60-58-56-54-52-50-48-46-44-42-40-38-36-34-32-30-28-26-24-22-20-18-16-14-12-10-8-6-4-2/h6,8,12,14,18,20,24,26,30,32,36,38,55,57,63,65,68-69,72-73H,3-5,7,9-11,13,15-17,19,21-23,25,27-29,31,33-35,37,39-54,56,58-62,64,66-67H2,1-2H3,(H,71,74)/b8-6-,14-12-,20-18-,26-24-,32-30-,38-36-,57-55+,65-63+. The van der Waals surface area contributed by atoms with Crippen molar-refractivity contribution in [2.24, 2.45) is 0 Å². The van der Waals surface area contributed by atoms with E-state index < -0.39 is 12.1 Å². The first kappa shape index (κ1) is 71.3. The molecule has 0 aromatic heterocycles. The summed E-state index contributed by atoms with van der Waals surface area (Å²) in [5.74, 6) is -0.0762. The van der Waals surface area contributed by atoms with Crippen LogP contribution in [0.15, 0.2) is 97.2 Å². The molecule has 74 heavy (non-hydrogen) atoms. The third kappa shape index (κ3) is 60.2. The van der Waals surface area contributed by atoms with Gasteiger partial charge in [0, 0.05) is 6.42 Å². The van der Waals surface area contributed by atoms with Crippen molar-refractivity contribution >= 4 is 5.91 Å². The zero-order chi connectivity index (χ0) is 53.4. The summed E-state index contributed by atoms with van der Waals surface area (Å²) in [7, 11) is 0. The van der Waals surface area contributed by atoms with E-state index in [0.29, 0.717) is 6.42 Å². The van der Waals surface area contributed by atoms with Gasteiger partial charge in [-0.1, -0.05) is 329 Å². The highest BCUT2D eigenvalue weighted by Gasteiger charge is 2.18. The van der Waals surface area contributed by atoms with E-state index in [4.69, 9.17) is 0 Å². The van der Waals surface area contributed by atoms with Crippen LogP contribution in [-0.4, -0.2) is 34.9 Å². The van der Waals surface area contributed by atoms with Gasteiger partial charge in [-0.25, -0.2) is 0 Å². The maximum absolute atomic E-state index is 12.5. The van der Waals surface area contributed by atoms with Gasteiger partial charge in [-0.2, -0.15) is 0 Å². The molecule has 3 N–H and O–H groups in total. The Morgan fingerprint density at radius 1 is 0.338 bits per heavy atom. The molecule has 0 aliphatic rings. The lowest BCUT2D eigenvalue weighted by molar-refractivity contribution is -0.123. The van der Waals surface area contributed by atoms with Crippen LogP contribution in [0, 0.1) is 0 Å². The second-order valence-electron chi connectivity index (χ2n) is 21.8. The van der Waals surface area contributed by atoms with Gasteiger partial charge in [-0.15, -0.1) is 0 Å². The van der Waals surface area contributed by atoms with E-state index in [9.17, 15) is 15.0 Å². The van der Waals surface area contributed by atoms with Gasteiger partial charge >= 0.3 is 0 Å². The third-order valence-corrected chi connectivity index (χ3v) is 14.6. The molecule has 2 atom stereocenters. The van der Waals surface area contributed by atoms with Gasteiger partial charge in [0.25, 0.3) is 0 Å². The van der Waals surface area contributed by atoms with Crippen LogP contribution >= 0.6 is 0 Å². The highest BCUT2D eigenvalue weighted by atomic mass is 16.3. The Hall–Kier alpha value is -2.69. The molecule has 0 spiro atoms. The Kier molecular flexibility index (Phi) is 62.2. The third-order valence-electron chi connectivity index (χ3n) is 14.6. The molecule has 0 rings (SSSR count). The second-order valence-corrected chi connectivity index (χ2v) is 21.8. The van der Waals surface area contributed by atoms with Crippen molar-refractivity contribution in [2.45, 2.75) is 334 Å². The summed E-state index contributed by atoms with van der Waals surface area (Å²) in [6.45, 7) is 4.21. The molecule has 0 aromatic carbocycles. The van der Waals surface area contributed by atoms with Crippen LogP contribution in [0.5, 0.6) is 0 Å². The van der Waals surface area contributed by atoms with Gasteiger partial charge in [0.15, 0.2) is 0 Å². The van der Waals surface area contributed by atoms with Crippen molar-refractivity contribution in [3.8, 4) is 0 Å². The van der Waals surface area contributed by atoms with Crippen LogP contribution < -0.4 is 5.32 Å². The van der Waals surface area contributed by atoms with E-state index in [2.05, 4.69) is 104 Å².